The van der Waals surface area contributed by atoms with Crippen LogP contribution in [-0.4, -0.2) is 5.91 Å². The number of carbonyl (C=O) groups excluding carboxylic acids is 1. The van der Waals surface area contributed by atoms with Gasteiger partial charge in [0.2, 0.25) is 0 Å². The molecule has 21 heavy (non-hydrogen) atoms. The maximum Gasteiger partial charge on any atom is 0.250 e. The van der Waals surface area contributed by atoms with Crippen molar-refractivity contribution in [3.63, 3.8) is 0 Å². The molecule has 2 aromatic carbocycles. The van der Waals surface area contributed by atoms with Crippen molar-refractivity contribution in [3.8, 4) is 0 Å². The number of primary amides is 1. The Morgan fingerprint density at radius 1 is 1.05 bits per heavy atom. The molecule has 5 N–H and O–H groups in total. The highest BCUT2D eigenvalue weighted by molar-refractivity contribution is 6.35. The predicted molar refractivity (Wildman–Crippen MR) is 79.0 cm³/mol. The van der Waals surface area contributed by atoms with Gasteiger partial charge in [0.15, 0.2) is 5.82 Å². The summed E-state index contributed by atoms with van der Waals surface area (Å²) >= 11 is 11.7. The first kappa shape index (κ1) is 15.3. The van der Waals surface area contributed by atoms with E-state index >= 15 is 0 Å². The Morgan fingerprint density at radius 2 is 1.67 bits per heavy atom. The minimum Gasteiger partial charge on any atom is -0.399 e. The molecule has 0 heterocycles. The maximum atomic E-state index is 13.8. The molecule has 0 bridgehead atoms. The SMILES string of the molecule is NC(=O)c1cc(N)cc(Cl)c1Nc1c(F)cc(F)cc1Cl. The van der Waals surface area contributed by atoms with Gasteiger partial charge in [-0.15, -0.1) is 0 Å². The first-order valence-corrected chi connectivity index (χ1v) is 6.35. The monoisotopic (exact) mass is 331 g/mol. The number of nitrogen functional groups attached to an aromatic ring is 1. The van der Waals surface area contributed by atoms with Gasteiger partial charge in [-0.05, 0) is 18.2 Å². The molecule has 0 unspecified atom stereocenters. The van der Waals surface area contributed by atoms with Gasteiger partial charge >= 0.3 is 0 Å². The number of nitrogens with one attached hydrogen (secondary N) is 1. The maximum absolute atomic E-state index is 13.8. The zero-order valence-corrected chi connectivity index (χ0v) is 11.9. The van der Waals surface area contributed by atoms with E-state index in [9.17, 15) is 13.6 Å². The lowest BCUT2D eigenvalue weighted by Crippen LogP contribution is -2.14. The third kappa shape index (κ3) is 3.17. The van der Waals surface area contributed by atoms with Crippen molar-refractivity contribution in [1.82, 2.24) is 0 Å². The number of anilines is 3. The van der Waals surface area contributed by atoms with Crippen molar-refractivity contribution >= 4 is 46.2 Å². The Bertz CT molecular complexity index is 715. The Kier molecular flexibility index (Phi) is 4.20. The molecule has 0 aliphatic rings. The zero-order chi connectivity index (χ0) is 15.7. The molecule has 0 aliphatic heterocycles. The zero-order valence-electron chi connectivity index (χ0n) is 10.4. The minimum atomic E-state index is -0.941. The molecule has 0 aliphatic carbocycles. The van der Waals surface area contributed by atoms with Crippen LogP contribution in [0.3, 0.4) is 0 Å². The van der Waals surface area contributed by atoms with Crippen LogP contribution in [0, 0.1) is 11.6 Å². The van der Waals surface area contributed by atoms with Gasteiger partial charge in [0.05, 0.1) is 27.0 Å². The number of hydrogen-bond acceptors (Lipinski definition) is 3. The van der Waals surface area contributed by atoms with Gasteiger partial charge in [-0.1, -0.05) is 23.2 Å². The standard InChI is InChI=1S/C13H9Cl2F2N3O/c14-8-1-5(16)2-10(17)12(8)20-11-7(13(19)21)3-6(18)4-9(11)15/h1-4,20H,18H2,(H2,19,21). The quantitative estimate of drug-likeness (QED) is 0.750. The number of nitrogens with two attached hydrogens (primary N) is 2. The largest absolute Gasteiger partial charge is 0.399 e. The van der Waals surface area contributed by atoms with Gasteiger partial charge < -0.3 is 16.8 Å². The summed E-state index contributed by atoms with van der Waals surface area (Å²) in [7, 11) is 0. The van der Waals surface area contributed by atoms with Gasteiger partial charge in [-0.25, -0.2) is 8.78 Å². The molecule has 0 saturated heterocycles. The molecule has 0 atom stereocenters. The van der Waals surface area contributed by atoms with E-state index in [0.29, 0.717) is 6.07 Å². The summed E-state index contributed by atoms with van der Waals surface area (Å²) in [5.41, 5.74) is 10.8. The van der Waals surface area contributed by atoms with Crippen LogP contribution >= 0.6 is 23.2 Å². The first-order valence-electron chi connectivity index (χ1n) is 5.60. The average molecular weight is 332 g/mol. The van der Waals surface area contributed by atoms with Crippen LogP contribution in [0.2, 0.25) is 10.0 Å². The van der Waals surface area contributed by atoms with Gasteiger partial charge in [-0.2, -0.15) is 0 Å². The minimum absolute atomic E-state index is 0.0331. The molecule has 0 saturated carbocycles. The van der Waals surface area contributed by atoms with Crippen molar-refractivity contribution in [3.05, 3.63) is 51.5 Å². The van der Waals surface area contributed by atoms with Gasteiger partial charge in [0.25, 0.3) is 5.91 Å². The lowest BCUT2D eigenvalue weighted by molar-refractivity contribution is 0.100. The molecular formula is C13H9Cl2F2N3O. The molecule has 8 heteroatoms. The average Bonchev–Trinajstić information content (AvgIpc) is 2.34. The van der Waals surface area contributed by atoms with Crippen LogP contribution in [0.15, 0.2) is 24.3 Å². The summed E-state index contributed by atoms with van der Waals surface area (Å²) in [6.45, 7) is 0. The van der Waals surface area contributed by atoms with E-state index in [-0.39, 0.29) is 32.7 Å². The normalized spacial score (nSPS) is 10.5. The highest BCUT2D eigenvalue weighted by atomic mass is 35.5. The number of carbonyl (C=O) groups is 1. The second-order valence-electron chi connectivity index (χ2n) is 4.16. The first-order chi connectivity index (χ1) is 9.79. The highest BCUT2D eigenvalue weighted by Gasteiger charge is 2.17. The smallest absolute Gasteiger partial charge is 0.250 e. The van der Waals surface area contributed by atoms with Gasteiger partial charge in [0, 0.05) is 11.8 Å². The third-order valence-electron chi connectivity index (χ3n) is 2.63. The molecule has 2 aromatic rings. The van der Waals surface area contributed by atoms with E-state index < -0.39 is 17.5 Å². The summed E-state index contributed by atoms with van der Waals surface area (Å²) in [6, 6.07) is 4.20. The summed E-state index contributed by atoms with van der Waals surface area (Å²) in [5, 5.41) is 2.38. The van der Waals surface area contributed by atoms with Crippen LogP contribution in [0.5, 0.6) is 0 Å². The summed E-state index contributed by atoms with van der Waals surface area (Å²) in [4.78, 5) is 11.4. The number of amides is 1. The van der Waals surface area contributed by atoms with Crippen molar-refractivity contribution < 1.29 is 13.6 Å². The molecule has 4 nitrogen and oxygen atoms in total. The molecule has 0 aromatic heterocycles. The van der Waals surface area contributed by atoms with E-state index in [1.807, 2.05) is 0 Å². The molecular weight excluding hydrogens is 323 g/mol. The van der Waals surface area contributed by atoms with Crippen LogP contribution in [0.1, 0.15) is 10.4 Å². The molecule has 2 rings (SSSR count). The van der Waals surface area contributed by atoms with Crippen LogP contribution in [-0.2, 0) is 0 Å². The Hall–Kier alpha value is -2.05. The van der Waals surface area contributed by atoms with E-state index in [4.69, 9.17) is 34.7 Å². The second kappa shape index (κ2) is 5.75. The van der Waals surface area contributed by atoms with Crippen LogP contribution in [0.4, 0.5) is 25.8 Å². The molecule has 110 valence electrons. The van der Waals surface area contributed by atoms with E-state index in [1.165, 1.54) is 12.1 Å². The van der Waals surface area contributed by atoms with E-state index in [1.54, 1.807) is 0 Å². The fourth-order valence-electron chi connectivity index (χ4n) is 1.74. The van der Waals surface area contributed by atoms with Crippen LogP contribution in [0.25, 0.3) is 0 Å². The topological polar surface area (TPSA) is 81.1 Å². The number of rotatable bonds is 3. The van der Waals surface area contributed by atoms with E-state index in [0.717, 1.165) is 6.07 Å². The lowest BCUT2D eigenvalue weighted by Gasteiger charge is -2.15. The predicted octanol–water partition coefficient (Wildman–Crippen LogP) is 3.70. The van der Waals surface area contributed by atoms with Crippen LogP contribution < -0.4 is 16.8 Å². The number of halogens is 4. The number of benzene rings is 2. The van der Waals surface area contributed by atoms with Crippen molar-refractivity contribution in [2.45, 2.75) is 0 Å². The lowest BCUT2D eigenvalue weighted by atomic mass is 10.1. The summed E-state index contributed by atoms with van der Waals surface area (Å²) in [6.07, 6.45) is 0. The fourth-order valence-corrected chi connectivity index (χ4v) is 2.25. The highest BCUT2D eigenvalue weighted by Crippen LogP contribution is 2.35. The fraction of sp³-hybridized carbons (Fsp3) is 0. The Morgan fingerprint density at radius 3 is 2.24 bits per heavy atom. The summed E-state index contributed by atoms with van der Waals surface area (Å²) < 4.78 is 26.8. The van der Waals surface area contributed by atoms with Crippen molar-refractivity contribution in [2.75, 3.05) is 11.1 Å². The molecule has 1 amide bonds. The Balaban J connectivity index is 2.57. The van der Waals surface area contributed by atoms with Gasteiger partial charge in [0.1, 0.15) is 5.82 Å². The Labute approximate surface area is 128 Å². The second-order valence-corrected chi connectivity index (χ2v) is 4.97. The van der Waals surface area contributed by atoms with Crippen molar-refractivity contribution in [2.24, 2.45) is 5.73 Å². The molecule has 0 radical (unpaired) electrons. The third-order valence-corrected chi connectivity index (χ3v) is 3.23. The molecule has 0 spiro atoms. The molecule has 0 fully saturated rings. The van der Waals surface area contributed by atoms with Crippen molar-refractivity contribution in [1.29, 1.82) is 0 Å². The number of hydrogen-bond donors (Lipinski definition) is 3. The van der Waals surface area contributed by atoms with E-state index in [2.05, 4.69) is 5.32 Å². The van der Waals surface area contributed by atoms with Gasteiger partial charge in [-0.3, -0.25) is 4.79 Å². The summed E-state index contributed by atoms with van der Waals surface area (Å²) in [5.74, 6) is -2.59.